The molecule has 10 aromatic rings. The maximum Gasteiger partial charge on any atom is 0.168 e. The van der Waals surface area contributed by atoms with Crippen molar-refractivity contribution in [3.8, 4) is 51.2 Å². The molecule has 7 heteroatoms. The van der Waals surface area contributed by atoms with Crippen LogP contribution in [-0.2, 0) is 6.42 Å². The van der Waals surface area contributed by atoms with Gasteiger partial charge in [-0.1, -0.05) is 91.0 Å². The SMILES string of the molecule is C=CCCc1cn(-c2ccccc2)c2cc(-c3nnc(-c4ccc5c6ccccc6n(-c6cccc(-c7cccnc7)n6)c5c4)n3-c3ccccc3)ccc12. The average molecular weight is 710 g/mol. The first-order valence-corrected chi connectivity index (χ1v) is 18.5. The largest absolute Gasteiger partial charge is 0.316 e. The van der Waals surface area contributed by atoms with Gasteiger partial charge < -0.3 is 4.57 Å². The van der Waals surface area contributed by atoms with Crippen molar-refractivity contribution in [2.45, 2.75) is 12.8 Å². The summed E-state index contributed by atoms with van der Waals surface area (Å²) in [7, 11) is 0. The lowest BCUT2D eigenvalue weighted by Gasteiger charge is -2.13. The second-order valence-electron chi connectivity index (χ2n) is 13.6. The van der Waals surface area contributed by atoms with Crippen LogP contribution in [0.5, 0.6) is 0 Å². The molecule has 0 spiro atoms. The highest BCUT2D eigenvalue weighted by atomic mass is 15.3. The van der Waals surface area contributed by atoms with Crippen molar-refractivity contribution in [2.24, 2.45) is 0 Å². The first-order valence-electron chi connectivity index (χ1n) is 18.5. The van der Waals surface area contributed by atoms with Crippen LogP contribution in [0.4, 0.5) is 0 Å². The molecule has 5 heterocycles. The van der Waals surface area contributed by atoms with Gasteiger partial charge in [-0.2, -0.15) is 0 Å². The average Bonchev–Trinajstić information content (AvgIpc) is 3.96. The Balaban J connectivity index is 1.16. The predicted molar refractivity (Wildman–Crippen MR) is 223 cm³/mol. The number of hydrogen-bond acceptors (Lipinski definition) is 4. The van der Waals surface area contributed by atoms with E-state index in [2.05, 4.69) is 159 Å². The van der Waals surface area contributed by atoms with Crippen molar-refractivity contribution < 1.29 is 0 Å². The van der Waals surface area contributed by atoms with E-state index in [0.29, 0.717) is 0 Å². The molecule has 0 atom stereocenters. The highest BCUT2D eigenvalue weighted by Crippen LogP contribution is 2.37. The number of allylic oxidation sites excluding steroid dienone is 1. The summed E-state index contributed by atoms with van der Waals surface area (Å²) in [5, 5.41) is 13.4. The number of fused-ring (bicyclic) bond motifs is 4. The molecule has 0 bridgehead atoms. The Hall–Kier alpha value is -7.38. The maximum atomic E-state index is 5.15. The monoisotopic (exact) mass is 709 g/mol. The first kappa shape index (κ1) is 32.3. The molecule has 0 aliphatic heterocycles. The molecule has 0 radical (unpaired) electrons. The Labute approximate surface area is 318 Å². The van der Waals surface area contributed by atoms with E-state index in [1.54, 1.807) is 6.20 Å². The fourth-order valence-electron chi connectivity index (χ4n) is 7.75. The molecule has 262 valence electrons. The molecule has 10 rings (SSSR count). The second kappa shape index (κ2) is 13.5. The molecule has 0 aliphatic rings. The summed E-state index contributed by atoms with van der Waals surface area (Å²) in [6.45, 7) is 3.97. The van der Waals surface area contributed by atoms with Crippen LogP contribution in [0.15, 0.2) is 183 Å². The van der Waals surface area contributed by atoms with Crippen molar-refractivity contribution in [1.82, 2.24) is 33.9 Å². The molecule has 7 nitrogen and oxygen atoms in total. The Morgan fingerprint density at radius 2 is 1.24 bits per heavy atom. The van der Waals surface area contributed by atoms with Crippen LogP contribution in [0, 0.1) is 0 Å². The van der Waals surface area contributed by atoms with Crippen LogP contribution in [-0.4, -0.2) is 33.9 Å². The lowest BCUT2D eigenvalue weighted by Crippen LogP contribution is -2.01. The highest BCUT2D eigenvalue weighted by molar-refractivity contribution is 6.10. The lowest BCUT2D eigenvalue weighted by atomic mass is 10.1. The number of aromatic nitrogens is 7. The van der Waals surface area contributed by atoms with Gasteiger partial charge in [0.25, 0.3) is 0 Å². The van der Waals surface area contributed by atoms with Gasteiger partial charge in [0.05, 0.1) is 22.2 Å². The third kappa shape index (κ3) is 5.61. The molecule has 0 fully saturated rings. The van der Waals surface area contributed by atoms with Gasteiger partial charge in [-0.05, 0) is 85.1 Å². The normalized spacial score (nSPS) is 11.5. The van der Waals surface area contributed by atoms with Gasteiger partial charge in [-0.25, -0.2) is 4.98 Å². The van der Waals surface area contributed by atoms with Crippen LogP contribution < -0.4 is 0 Å². The standard InChI is InChI=1S/C48H35N7/c1-2-3-14-36-32-53(37-16-6-4-7-17-37)44-29-33(24-26-39(36)44)47-51-52-48(54(47)38-18-8-5-9-19-38)34-25-27-41-40-20-10-11-22-43(40)55(45(41)30-34)46-23-12-21-42(50-46)35-15-13-28-49-31-35/h2,4-13,15-32H,1,3,14H2. The summed E-state index contributed by atoms with van der Waals surface area (Å²) >= 11 is 0. The summed E-state index contributed by atoms with van der Waals surface area (Å²) in [5.74, 6) is 2.35. The van der Waals surface area contributed by atoms with E-state index in [1.165, 1.54) is 10.9 Å². The Kier molecular flexibility index (Phi) is 7.95. The summed E-state index contributed by atoms with van der Waals surface area (Å²) < 4.78 is 6.70. The third-order valence-electron chi connectivity index (χ3n) is 10.3. The van der Waals surface area contributed by atoms with E-state index in [9.17, 15) is 0 Å². The molecule has 0 aliphatic carbocycles. The third-order valence-corrected chi connectivity index (χ3v) is 10.3. The molecule has 5 aromatic heterocycles. The molecule has 5 aromatic carbocycles. The Morgan fingerprint density at radius 3 is 1.98 bits per heavy atom. The summed E-state index contributed by atoms with van der Waals surface area (Å²) in [5.41, 5.74) is 10.4. The topological polar surface area (TPSA) is 66.3 Å². The van der Waals surface area contributed by atoms with Crippen molar-refractivity contribution in [2.75, 3.05) is 0 Å². The van der Waals surface area contributed by atoms with Gasteiger partial charge in [0, 0.05) is 62.8 Å². The summed E-state index contributed by atoms with van der Waals surface area (Å²) in [6.07, 6.45) is 9.71. The highest BCUT2D eigenvalue weighted by Gasteiger charge is 2.21. The molecule has 0 amide bonds. The molecule has 0 unspecified atom stereocenters. The van der Waals surface area contributed by atoms with Gasteiger partial charge in [-0.3, -0.25) is 14.1 Å². The van der Waals surface area contributed by atoms with Crippen LogP contribution in [0.25, 0.3) is 83.9 Å². The summed E-state index contributed by atoms with van der Waals surface area (Å²) in [6, 6.07) is 52.7. The Morgan fingerprint density at radius 1 is 0.545 bits per heavy atom. The van der Waals surface area contributed by atoms with Gasteiger partial charge in [0.15, 0.2) is 11.6 Å². The molecular weight excluding hydrogens is 675 g/mol. The minimum Gasteiger partial charge on any atom is -0.316 e. The van der Waals surface area contributed by atoms with Gasteiger partial charge >= 0.3 is 0 Å². The van der Waals surface area contributed by atoms with Crippen molar-refractivity contribution >= 4 is 32.7 Å². The minimum absolute atomic E-state index is 0.752. The summed E-state index contributed by atoms with van der Waals surface area (Å²) in [4.78, 5) is 9.49. The number of aryl methyl sites for hydroxylation is 1. The van der Waals surface area contributed by atoms with Gasteiger partial charge in [0.2, 0.25) is 0 Å². The predicted octanol–water partition coefficient (Wildman–Crippen LogP) is 11.2. The molecule has 0 saturated heterocycles. The van der Waals surface area contributed by atoms with E-state index in [0.717, 1.165) is 91.4 Å². The zero-order valence-electron chi connectivity index (χ0n) is 30.0. The Bertz CT molecular complexity index is 2990. The van der Waals surface area contributed by atoms with E-state index in [1.807, 2.05) is 36.5 Å². The van der Waals surface area contributed by atoms with Crippen LogP contribution >= 0.6 is 0 Å². The number of pyridine rings is 2. The number of para-hydroxylation sites is 3. The fraction of sp³-hybridized carbons (Fsp3) is 0.0417. The smallest absolute Gasteiger partial charge is 0.168 e. The number of nitrogens with zero attached hydrogens (tertiary/aromatic N) is 7. The fourth-order valence-corrected chi connectivity index (χ4v) is 7.75. The quantitative estimate of drug-likeness (QED) is 0.140. The van der Waals surface area contributed by atoms with Crippen molar-refractivity contribution in [3.63, 3.8) is 0 Å². The van der Waals surface area contributed by atoms with E-state index in [4.69, 9.17) is 15.2 Å². The number of benzene rings is 5. The van der Waals surface area contributed by atoms with Gasteiger partial charge in [0.1, 0.15) is 5.82 Å². The van der Waals surface area contributed by atoms with Crippen LogP contribution in [0.3, 0.4) is 0 Å². The van der Waals surface area contributed by atoms with E-state index in [-0.39, 0.29) is 0 Å². The van der Waals surface area contributed by atoms with Crippen molar-refractivity contribution in [1.29, 1.82) is 0 Å². The molecular formula is C48H35N7. The van der Waals surface area contributed by atoms with Gasteiger partial charge in [-0.15, -0.1) is 16.8 Å². The second-order valence-corrected chi connectivity index (χ2v) is 13.6. The number of rotatable bonds is 9. The molecule has 0 saturated carbocycles. The minimum atomic E-state index is 0.752. The van der Waals surface area contributed by atoms with E-state index >= 15 is 0 Å². The van der Waals surface area contributed by atoms with E-state index < -0.39 is 0 Å². The van der Waals surface area contributed by atoms with Crippen LogP contribution in [0.1, 0.15) is 12.0 Å². The lowest BCUT2D eigenvalue weighted by molar-refractivity contribution is 0.998. The molecule has 0 N–H and O–H groups in total. The van der Waals surface area contributed by atoms with Crippen LogP contribution in [0.2, 0.25) is 0 Å². The number of hydrogen-bond donors (Lipinski definition) is 0. The maximum absolute atomic E-state index is 5.15. The van der Waals surface area contributed by atoms with Crippen molar-refractivity contribution in [3.05, 3.63) is 188 Å². The zero-order valence-corrected chi connectivity index (χ0v) is 30.0. The molecule has 55 heavy (non-hydrogen) atoms. The zero-order chi connectivity index (χ0) is 36.7. The first-order chi connectivity index (χ1) is 27.2.